The largest absolute Gasteiger partial charge is 0.391 e. The first-order valence-corrected chi connectivity index (χ1v) is 21.9. The number of likely N-dealkylation sites (tertiary alicyclic amines) is 2. The zero-order chi connectivity index (χ0) is 39.4. The summed E-state index contributed by atoms with van der Waals surface area (Å²) >= 11 is 0. The van der Waals surface area contributed by atoms with Crippen LogP contribution < -0.4 is 16.0 Å². The molecule has 4 N–H and O–H groups in total. The van der Waals surface area contributed by atoms with E-state index in [1.165, 1.54) is 25.7 Å². The molecule has 11 nitrogen and oxygen atoms in total. The predicted molar refractivity (Wildman–Crippen MR) is 218 cm³/mol. The summed E-state index contributed by atoms with van der Waals surface area (Å²) in [5.74, 6) is -0.127. The first-order chi connectivity index (χ1) is 26.7. The Hall–Kier alpha value is -2.57. The number of aliphatic hydroxyl groups excluding tert-OH is 1. The van der Waals surface area contributed by atoms with Crippen molar-refractivity contribution in [1.29, 1.82) is 0 Å². The van der Waals surface area contributed by atoms with Gasteiger partial charge in [0.15, 0.2) is 0 Å². The lowest BCUT2D eigenvalue weighted by Gasteiger charge is -2.36. The topological polar surface area (TPSA) is 132 Å². The Labute approximate surface area is 332 Å². The molecular weight excluding hydrogens is 695 g/mol. The summed E-state index contributed by atoms with van der Waals surface area (Å²) < 4.78 is 10.9. The highest BCUT2D eigenvalue weighted by molar-refractivity contribution is 5.86. The second-order valence-electron chi connectivity index (χ2n) is 16.9. The molecule has 1 aromatic rings. The summed E-state index contributed by atoms with van der Waals surface area (Å²) in [6.45, 7) is 11.2. The molecular formula is C44H75N5O6. The highest BCUT2D eigenvalue weighted by Crippen LogP contribution is 2.30. The number of carbonyl (C=O) groups is 3. The van der Waals surface area contributed by atoms with Gasteiger partial charge in [-0.05, 0) is 81.9 Å². The molecule has 0 aromatic heterocycles. The Kier molecular flexibility index (Phi) is 20.5. The lowest BCUT2D eigenvalue weighted by atomic mass is 9.81. The number of nitrogens with zero attached hydrogens (tertiary/aromatic N) is 2. The maximum absolute atomic E-state index is 14.5. The zero-order valence-electron chi connectivity index (χ0n) is 34.7. The van der Waals surface area contributed by atoms with Crippen molar-refractivity contribution in [2.75, 3.05) is 53.2 Å². The standard InChI is InChI=1S/C44H75N5O6/c1-5-6-20-38(46-40(30-35-18-12-8-13-19-35)44(53)49-26-21-36(22-27-49)55-32-54-4)43(52)47-39(29-34-16-10-7-11-17-34)41(50)31-37(33(2)3)42(51)45-23-28-48-24-14-9-15-25-48/h8,12-13,18-19,33-34,36-41,46,50H,5-7,9-11,14-17,20-32H2,1-4H3,(H,45,51)(H,47,52)/t37-,38-,39-,40-,41-/m0/s1. The van der Waals surface area contributed by atoms with Gasteiger partial charge in [-0.2, -0.15) is 0 Å². The number of nitrogens with one attached hydrogen (secondary N) is 3. The Bertz CT molecular complexity index is 1230. The Morgan fingerprint density at radius 2 is 1.58 bits per heavy atom. The van der Waals surface area contributed by atoms with E-state index in [4.69, 9.17) is 9.47 Å². The van der Waals surface area contributed by atoms with Crippen LogP contribution in [0.1, 0.15) is 123 Å². The molecule has 312 valence electrons. The van der Waals surface area contributed by atoms with E-state index in [-0.39, 0.29) is 48.9 Å². The fraction of sp³-hybridized carbons (Fsp3) is 0.795. The molecule has 0 bridgehead atoms. The van der Waals surface area contributed by atoms with Gasteiger partial charge in [-0.3, -0.25) is 19.7 Å². The lowest BCUT2D eigenvalue weighted by Crippen LogP contribution is -2.58. The predicted octanol–water partition coefficient (Wildman–Crippen LogP) is 5.44. The number of piperidine rings is 2. The van der Waals surface area contributed by atoms with Crippen LogP contribution in [0.3, 0.4) is 0 Å². The molecule has 5 atom stereocenters. The van der Waals surface area contributed by atoms with Crippen molar-refractivity contribution in [2.45, 2.75) is 154 Å². The average molecular weight is 770 g/mol. The third-order valence-electron chi connectivity index (χ3n) is 12.2. The van der Waals surface area contributed by atoms with Gasteiger partial charge in [0, 0.05) is 39.2 Å². The number of rotatable bonds is 23. The number of amides is 3. The van der Waals surface area contributed by atoms with Crippen LogP contribution in [0.15, 0.2) is 30.3 Å². The Morgan fingerprint density at radius 3 is 2.24 bits per heavy atom. The van der Waals surface area contributed by atoms with Crippen LogP contribution in [-0.4, -0.2) is 116 Å². The first-order valence-electron chi connectivity index (χ1n) is 21.9. The van der Waals surface area contributed by atoms with Gasteiger partial charge in [0.25, 0.3) is 0 Å². The fourth-order valence-corrected chi connectivity index (χ4v) is 8.77. The molecule has 0 radical (unpaired) electrons. The van der Waals surface area contributed by atoms with Crippen molar-refractivity contribution in [1.82, 2.24) is 25.8 Å². The van der Waals surface area contributed by atoms with E-state index in [1.807, 2.05) is 49.1 Å². The summed E-state index contributed by atoms with van der Waals surface area (Å²) in [6.07, 6.45) is 13.8. The molecule has 3 aliphatic rings. The summed E-state index contributed by atoms with van der Waals surface area (Å²) in [5, 5.41) is 22.0. The van der Waals surface area contributed by atoms with Gasteiger partial charge in [0.05, 0.1) is 30.3 Å². The molecule has 3 amide bonds. The lowest BCUT2D eigenvalue weighted by molar-refractivity contribution is -0.139. The van der Waals surface area contributed by atoms with Gasteiger partial charge in [-0.1, -0.05) is 102 Å². The van der Waals surface area contributed by atoms with E-state index >= 15 is 0 Å². The summed E-state index contributed by atoms with van der Waals surface area (Å²) in [4.78, 5) is 46.6. The number of hydrogen-bond acceptors (Lipinski definition) is 8. The van der Waals surface area contributed by atoms with Crippen LogP contribution in [0.2, 0.25) is 0 Å². The molecule has 3 fully saturated rings. The van der Waals surface area contributed by atoms with Crippen LogP contribution in [0.25, 0.3) is 0 Å². The summed E-state index contributed by atoms with van der Waals surface area (Å²) in [7, 11) is 1.61. The quantitative estimate of drug-likeness (QED) is 0.108. The second-order valence-corrected chi connectivity index (χ2v) is 16.9. The molecule has 1 aliphatic carbocycles. The van der Waals surface area contributed by atoms with E-state index in [2.05, 4.69) is 27.8 Å². The van der Waals surface area contributed by atoms with E-state index < -0.39 is 24.2 Å². The Balaban J connectivity index is 1.47. The molecule has 55 heavy (non-hydrogen) atoms. The van der Waals surface area contributed by atoms with Crippen molar-refractivity contribution in [3.05, 3.63) is 35.9 Å². The number of hydrogen-bond donors (Lipinski definition) is 4. The van der Waals surface area contributed by atoms with Crippen molar-refractivity contribution >= 4 is 17.7 Å². The van der Waals surface area contributed by atoms with Gasteiger partial charge in [0.1, 0.15) is 6.79 Å². The van der Waals surface area contributed by atoms with Crippen LogP contribution >= 0.6 is 0 Å². The third-order valence-corrected chi connectivity index (χ3v) is 12.2. The van der Waals surface area contributed by atoms with Crippen molar-refractivity contribution < 1.29 is 29.0 Å². The van der Waals surface area contributed by atoms with Gasteiger partial charge in [0.2, 0.25) is 17.7 Å². The third kappa shape index (κ3) is 15.7. The van der Waals surface area contributed by atoms with E-state index in [1.54, 1.807) is 7.11 Å². The van der Waals surface area contributed by atoms with Gasteiger partial charge in [-0.15, -0.1) is 0 Å². The Morgan fingerprint density at radius 1 is 0.891 bits per heavy atom. The van der Waals surface area contributed by atoms with Crippen molar-refractivity contribution in [3.63, 3.8) is 0 Å². The van der Waals surface area contributed by atoms with E-state index in [0.29, 0.717) is 44.8 Å². The van der Waals surface area contributed by atoms with Crippen LogP contribution in [-0.2, 0) is 30.3 Å². The number of unbranched alkanes of at least 4 members (excludes halogenated alkanes) is 1. The minimum atomic E-state index is -0.874. The highest BCUT2D eigenvalue weighted by atomic mass is 16.7. The minimum absolute atomic E-state index is 0.00629. The molecule has 0 spiro atoms. The van der Waals surface area contributed by atoms with Crippen LogP contribution in [0.5, 0.6) is 0 Å². The maximum Gasteiger partial charge on any atom is 0.240 e. The number of benzene rings is 1. The number of ether oxygens (including phenoxy) is 2. The van der Waals surface area contributed by atoms with Gasteiger partial charge >= 0.3 is 0 Å². The zero-order valence-corrected chi connectivity index (χ0v) is 34.7. The molecule has 1 aromatic carbocycles. The molecule has 0 unspecified atom stereocenters. The van der Waals surface area contributed by atoms with E-state index in [9.17, 15) is 19.5 Å². The van der Waals surface area contributed by atoms with Gasteiger partial charge in [-0.25, -0.2) is 0 Å². The van der Waals surface area contributed by atoms with Crippen molar-refractivity contribution in [2.24, 2.45) is 17.8 Å². The normalized spacial score (nSPS) is 20.4. The molecule has 11 heteroatoms. The SMILES string of the molecule is CCCC[C@H](N[C@@H](Cc1ccccc1)C(=O)N1CCC(OCOC)CC1)C(=O)N[C@@H](CC1CCCCC1)[C@@H](O)C[C@H](C(=O)NCCN1CCCCC1)C(C)C. The highest BCUT2D eigenvalue weighted by Gasteiger charge is 2.36. The number of methoxy groups -OCH3 is 1. The van der Waals surface area contributed by atoms with Crippen LogP contribution in [0.4, 0.5) is 0 Å². The average Bonchev–Trinajstić information content (AvgIpc) is 3.20. The van der Waals surface area contributed by atoms with E-state index in [0.717, 1.165) is 76.6 Å². The van der Waals surface area contributed by atoms with Crippen LogP contribution in [0, 0.1) is 17.8 Å². The molecule has 2 heterocycles. The van der Waals surface area contributed by atoms with Gasteiger partial charge < -0.3 is 35.0 Å². The molecule has 1 saturated carbocycles. The monoisotopic (exact) mass is 770 g/mol. The second kappa shape index (κ2) is 24.9. The number of carbonyl (C=O) groups excluding carboxylic acids is 3. The fourth-order valence-electron chi connectivity index (χ4n) is 8.77. The molecule has 4 rings (SSSR count). The molecule has 2 saturated heterocycles. The molecule has 2 aliphatic heterocycles. The summed E-state index contributed by atoms with van der Waals surface area (Å²) in [5.41, 5.74) is 1.03. The number of aliphatic hydroxyl groups is 1. The first kappa shape index (κ1) is 45.1. The minimum Gasteiger partial charge on any atom is -0.391 e. The maximum atomic E-state index is 14.5. The summed E-state index contributed by atoms with van der Waals surface area (Å²) in [6, 6.07) is 8.29. The smallest absolute Gasteiger partial charge is 0.240 e. The van der Waals surface area contributed by atoms with Crippen molar-refractivity contribution in [3.8, 4) is 0 Å².